The van der Waals surface area contributed by atoms with Gasteiger partial charge in [-0.2, -0.15) is 0 Å². The maximum absolute atomic E-state index is 12.6. The summed E-state index contributed by atoms with van der Waals surface area (Å²) in [6, 6.07) is 5.66. The molecule has 2 aromatic rings. The first-order valence-corrected chi connectivity index (χ1v) is 6.73. The van der Waals surface area contributed by atoms with Gasteiger partial charge in [0.15, 0.2) is 0 Å². The number of hydrogen-bond donors (Lipinski definition) is 0. The second-order valence-electron chi connectivity index (χ2n) is 4.79. The Bertz CT molecular complexity index is 584. The monoisotopic (exact) mass is 258 g/mol. The smallest absolute Gasteiger partial charge is 0.270 e. The summed E-state index contributed by atoms with van der Waals surface area (Å²) in [7, 11) is 0. The SMILES string of the molecule is CCN1CCN(C(=O)c2cccc3nccn23)CC1. The summed E-state index contributed by atoms with van der Waals surface area (Å²) in [4.78, 5) is 21.1. The van der Waals surface area contributed by atoms with Crippen molar-refractivity contribution in [3.8, 4) is 0 Å². The van der Waals surface area contributed by atoms with Crippen LogP contribution >= 0.6 is 0 Å². The predicted octanol–water partition coefficient (Wildman–Crippen LogP) is 1.11. The fourth-order valence-electron chi connectivity index (χ4n) is 2.55. The average molecular weight is 258 g/mol. The quantitative estimate of drug-likeness (QED) is 0.810. The van der Waals surface area contributed by atoms with Gasteiger partial charge in [-0.05, 0) is 18.7 Å². The Balaban J connectivity index is 1.82. The van der Waals surface area contributed by atoms with E-state index in [0.29, 0.717) is 5.69 Å². The Morgan fingerprint density at radius 1 is 1.26 bits per heavy atom. The summed E-state index contributed by atoms with van der Waals surface area (Å²) in [5, 5.41) is 0. The maximum atomic E-state index is 12.6. The second-order valence-corrected chi connectivity index (χ2v) is 4.79. The van der Waals surface area contributed by atoms with Gasteiger partial charge in [0.1, 0.15) is 11.3 Å². The highest BCUT2D eigenvalue weighted by molar-refractivity contribution is 5.93. The Morgan fingerprint density at radius 2 is 2.05 bits per heavy atom. The number of amides is 1. The highest BCUT2D eigenvalue weighted by Gasteiger charge is 2.22. The molecule has 1 amide bonds. The number of carbonyl (C=O) groups excluding carboxylic acids is 1. The lowest BCUT2D eigenvalue weighted by Crippen LogP contribution is -2.48. The van der Waals surface area contributed by atoms with Gasteiger partial charge in [0.25, 0.3) is 5.91 Å². The van der Waals surface area contributed by atoms with Crippen LogP contribution in [-0.4, -0.2) is 57.8 Å². The summed E-state index contributed by atoms with van der Waals surface area (Å²) in [6.07, 6.45) is 3.56. The van der Waals surface area contributed by atoms with Crippen LogP contribution in [0.5, 0.6) is 0 Å². The van der Waals surface area contributed by atoms with E-state index in [1.54, 1.807) is 6.20 Å². The fourth-order valence-corrected chi connectivity index (χ4v) is 2.55. The number of aromatic nitrogens is 2. The molecule has 1 aliphatic heterocycles. The molecule has 0 N–H and O–H groups in total. The molecule has 100 valence electrons. The summed E-state index contributed by atoms with van der Waals surface area (Å²) in [5.74, 6) is 0.0966. The molecular weight excluding hydrogens is 240 g/mol. The van der Waals surface area contributed by atoms with Crippen molar-refractivity contribution < 1.29 is 4.79 Å². The third-order valence-electron chi connectivity index (χ3n) is 3.75. The summed E-state index contributed by atoms with van der Waals surface area (Å²) < 4.78 is 1.86. The zero-order chi connectivity index (χ0) is 13.2. The molecule has 2 aromatic heterocycles. The highest BCUT2D eigenvalue weighted by Crippen LogP contribution is 2.11. The van der Waals surface area contributed by atoms with E-state index >= 15 is 0 Å². The molecule has 1 aliphatic rings. The first kappa shape index (κ1) is 12.2. The van der Waals surface area contributed by atoms with Gasteiger partial charge in [0, 0.05) is 38.6 Å². The molecule has 0 bridgehead atoms. The molecule has 1 fully saturated rings. The third-order valence-corrected chi connectivity index (χ3v) is 3.75. The number of carbonyl (C=O) groups is 1. The predicted molar refractivity (Wildman–Crippen MR) is 73.2 cm³/mol. The summed E-state index contributed by atoms with van der Waals surface area (Å²) in [6.45, 7) is 6.74. The van der Waals surface area contributed by atoms with Gasteiger partial charge >= 0.3 is 0 Å². The van der Waals surface area contributed by atoms with Crippen LogP contribution in [0.3, 0.4) is 0 Å². The molecule has 3 heterocycles. The first-order chi connectivity index (χ1) is 9.29. The number of nitrogens with zero attached hydrogens (tertiary/aromatic N) is 4. The Labute approximate surface area is 112 Å². The number of rotatable bonds is 2. The molecule has 5 nitrogen and oxygen atoms in total. The van der Waals surface area contributed by atoms with E-state index in [0.717, 1.165) is 38.4 Å². The van der Waals surface area contributed by atoms with E-state index in [4.69, 9.17) is 0 Å². The van der Waals surface area contributed by atoms with Crippen LogP contribution < -0.4 is 0 Å². The van der Waals surface area contributed by atoms with Crippen LogP contribution in [0.15, 0.2) is 30.6 Å². The first-order valence-electron chi connectivity index (χ1n) is 6.73. The van der Waals surface area contributed by atoms with Crippen LogP contribution in [0.4, 0.5) is 0 Å². The topological polar surface area (TPSA) is 40.8 Å². The minimum absolute atomic E-state index is 0.0966. The van der Waals surface area contributed by atoms with Crippen LogP contribution in [0.25, 0.3) is 5.65 Å². The maximum Gasteiger partial charge on any atom is 0.270 e. The molecule has 1 saturated heterocycles. The minimum Gasteiger partial charge on any atom is -0.335 e. The number of fused-ring (bicyclic) bond motifs is 1. The van der Waals surface area contributed by atoms with Crippen molar-refractivity contribution in [1.29, 1.82) is 0 Å². The van der Waals surface area contributed by atoms with E-state index in [-0.39, 0.29) is 5.91 Å². The van der Waals surface area contributed by atoms with Crippen LogP contribution in [0, 0.1) is 0 Å². The van der Waals surface area contributed by atoms with Crippen molar-refractivity contribution in [3.05, 3.63) is 36.3 Å². The Kier molecular flexibility index (Phi) is 3.21. The standard InChI is InChI=1S/C14H18N4O/c1-2-16-8-10-17(11-9-16)14(19)12-4-3-5-13-15-6-7-18(12)13/h3-7H,2,8-11H2,1H3. The van der Waals surface area contributed by atoms with Crippen molar-refractivity contribution in [2.24, 2.45) is 0 Å². The Morgan fingerprint density at radius 3 is 2.79 bits per heavy atom. The average Bonchev–Trinajstić information content (AvgIpc) is 2.95. The fraction of sp³-hybridized carbons (Fsp3) is 0.429. The van der Waals surface area contributed by atoms with Crippen molar-refractivity contribution in [2.75, 3.05) is 32.7 Å². The summed E-state index contributed by atoms with van der Waals surface area (Å²) in [5.41, 5.74) is 1.51. The molecule has 0 atom stereocenters. The molecular formula is C14H18N4O. The summed E-state index contributed by atoms with van der Waals surface area (Å²) >= 11 is 0. The van der Waals surface area contributed by atoms with Gasteiger partial charge in [-0.25, -0.2) is 4.98 Å². The van der Waals surface area contributed by atoms with E-state index < -0.39 is 0 Å². The van der Waals surface area contributed by atoms with Crippen molar-refractivity contribution in [1.82, 2.24) is 19.2 Å². The normalized spacial score (nSPS) is 17.0. The van der Waals surface area contributed by atoms with Crippen molar-refractivity contribution in [2.45, 2.75) is 6.92 Å². The molecule has 0 radical (unpaired) electrons. The van der Waals surface area contributed by atoms with Gasteiger partial charge in [-0.3, -0.25) is 9.20 Å². The van der Waals surface area contributed by atoms with Crippen LogP contribution in [0.2, 0.25) is 0 Å². The lowest BCUT2D eigenvalue weighted by atomic mass is 10.2. The molecule has 19 heavy (non-hydrogen) atoms. The highest BCUT2D eigenvalue weighted by atomic mass is 16.2. The molecule has 0 saturated carbocycles. The number of imidazole rings is 1. The second kappa shape index (κ2) is 5.01. The van der Waals surface area contributed by atoms with E-state index in [2.05, 4.69) is 16.8 Å². The number of piperazine rings is 1. The lowest BCUT2D eigenvalue weighted by molar-refractivity contribution is 0.0636. The molecule has 0 aromatic carbocycles. The number of likely N-dealkylation sites (N-methyl/N-ethyl adjacent to an activating group) is 1. The molecule has 5 heteroatoms. The Hall–Kier alpha value is -1.88. The minimum atomic E-state index is 0.0966. The molecule has 0 unspecified atom stereocenters. The largest absolute Gasteiger partial charge is 0.335 e. The van der Waals surface area contributed by atoms with Gasteiger partial charge in [0.2, 0.25) is 0 Å². The zero-order valence-electron chi connectivity index (χ0n) is 11.1. The molecule has 0 spiro atoms. The number of pyridine rings is 1. The van der Waals surface area contributed by atoms with Crippen LogP contribution in [0.1, 0.15) is 17.4 Å². The van der Waals surface area contributed by atoms with Crippen molar-refractivity contribution in [3.63, 3.8) is 0 Å². The van der Waals surface area contributed by atoms with Gasteiger partial charge in [-0.1, -0.05) is 13.0 Å². The zero-order valence-corrected chi connectivity index (χ0v) is 11.1. The molecule has 0 aliphatic carbocycles. The van der Waals surface area contributed by atoms with Gasteiger partial charge < -0.3 is 9.80 Å². The number of hydrogen-bond acceptors (Lipinski definition) is 3. The van der Waals surface area contributed by atoms with Gasteiger partial charge in [0.05, 0.1) is 0 Å². The van der Waals surface area contributed by atoms with E-state index in [9.17, 15) is 4.79 Å². The third kappa shape index (κ3) is 2.21. The molecule has 3 rings (SSSR count). The van der Waals surface area contributed by atoms with E-state index in [1.165, 1.54) is 0 Å². The van der Waals surface area contributed by atoms with E-state index in [1.807, 2.05) is 33.7 Å². The lowest BCUT2D eigenvalue weighted by Gasteiger charge is -2.34. The van der Waals surface area contributed by atoms with Gasteiger partial charge in [-0.15, -0.1) is 0 Å². The van der Waals surface area contributed by atoms with Crippen LogP contribution in [-0.2, 0) is 0 Å². The van der Waals surface area contributed by atoms with Crippen molar-refractivity contribution >= 4 is 11.6 Å².